The van der Waals surface area contributed by atoms with Crippen LogP contribution in [0.3, 0.4) is 0 Å². The largest absolute Gasteiger partial charge is 0.507 e. The molecule has 4 rings (SSSR count). The molecule has 1 aromatic carbocycles. The average molecular weight is 466 g/mol. The molecule has 0 radical (unpaired) electrons. The number of phenols is 1. The summed E-state index contributed by atoms with van der Waals surface area (Å²) in [6.07, 6.45) is -2.56. The van der Waals surface area contributed by atoms with Gasteiger partial charge in [0.25, 0.3) is 5.91 Å². The number of nitrogens with zero attached hydrogens (tertiary/aromatic N) is 4. The Hall–Kier alpha value is -2.99. The zero-order chi connectivity index (χ0) is 23.0. The Morgan fingerprint density at radius 3 is 2.72 bits per heavy atom. The second-order valence-corrected chi connectivity index (χ2v) is 8.62. The van der Waals surface area contributed by atoms with E-state index in [2.05, 4.69) is 30.5 Å². The van der Waals surface area contributed by atoms with E-state index in [9.17, 15) is 23.1 Å². The number of hydrogen-bond acceptors (Lipinski definition) is 8. The molecule has 3 N–H and O–H groups in total. The first-order valence-corrected chi connectivity index (χ1v) is 10.7. The zero-order valence-corrected chi connectivity index (χ0v) is 18.1. The zero-order valence-electron chi connectivity index (χ0n) is 17.3. The van der Waals surface area contributed by atoms with Crippen LogP contribution >= 0.6 is 11.3 Å². The summed E-state index contributed by atoms with van der Waals surface area (Å²) in [6.45, 7) is 1.89. The summed E-state index contributed by atoms with van der Waals surface area (Å²) in [5, 5.41) is 16.7. The van der Waals surface area contributed by atoms with E-state index in [0.717, 1.165) is 38.1 Å². The van der Waals surface area contributed by atoms with Crippen LogP contribution in [0.1, 0.15) is 28.9 Å². The summed E-state index contributed by atoms with van der Waals surface area (Å²) in [5.74, 6) is -1.21. The highest BCUT2D eigenvalue weighted by atomic mass is 32.1. The van der Waals surface area contributed by atoms with Crippen molar-refractivity contribution in [1.82, 2.24) is 25.2 Å². The maximum atomic E-state index is 12.9. The first-order chi connectivity index (χ1) is 15.2. The number of hydrogen-bond donors (Lipinski definition) is 3. The Morgan fingerprint density at radius 2 is 2.06 bits per heavy atom. The van der Waals surface area contributed by atoms with Crippen molar-refractivity contribution in [2.75, 3.05) is 32.5 Å². The molecular formula is C20H21F3N6O2S. The Labute approximate surface area is 185 Å². The number of benzene rings is 1. The number of thiazole rings is 1. The van der Waals surface area contributed by atoms with E-state index >= 15 is 0 Å². The number of phenolic OH excluding ortho intramolecular Hbond substituents is 1. The summed E-state index contributed by atoms with van der Waals surface area (Å²) in [7, 11) is 3.49. The van der Waals surface area contributed by atoms with E-state index in [0.29, 0.717) is 15.9 Å². The summed E-state index contributed by atoms with van der Waals surface area (Å²) < 4.78 is 39.2. The first-order valence-electron chi connectivity index (χ1n) is 9.92. The van der Waals surface area contributed by atoms with Gasteiger partial charge in [0.1, 0.15) is 10.4 Å². The number of rotatable bonds is 4. The number of piperidine rings is 1. The minimum atomic E-state index is -4.60. The highest BCUT2D eigenvalue weighted by Crippen LogP contribution is 2.37. The van der Waals surface area contributed by atoms with Crippen LogP contribution < -0.4 is 10.6 Å². The van der Waals surface area contributed by atoms with E-state index in [1.54, 1.807) is 0 Å². The van der Waals surface area contributed by atoms with Gasteiger partial charge in [-0.05, 0) is 44.6 Å². The molecule has 8 nitrogen and oxygen atoms in total. The lowest BCUT2D eigenvalue weighted by Crippen LogP contribution is -2.39. The lowest BCUT2D eigenvalue weighted by Gasteiger charge is -2.29. The molecule has 0 spiro atoms. The van der Waals surface area contributed by atoms with Crippen molar-refractivity contribution in [3.05, 3.63) is 29.5 Å². The molecular weight excluding hydrogens is 445 g/mol. The Bertz CT molecular complexity index is 1170. The molecule has 12 heteroatoms. The molecule has 0 aliphatic carbocycles. The van der Waals surface area contributed by atoms with E-state index in [1.807, 2.05) is 7.05 Å². The van der Waals surface area contributed by atoms with Crippen LogP contribution in [0, 0.1) is 0 Å². The number of likely N-dealkylation sites (tertiary alicyclic amines) is 1. The molecule has 1 saturated heterocycles. The number of halogens is 3. The van der Waals surface area contributed by atoms with Gasteiger partial charge >= 0.3 is 6.18 Å². The normalized spacial score (nSPS) is 17.5. The first kappa shape index (κ1) is 22.2. The van der Waals surface area contributed by atoms with Crippen LogP contribution in [0.5, 0.6) is 5.75 Å². The van der Waals surface area contributed by atoms with E-state index < -0.39 is 23.4 Å². The van der Waals surface area contributed by atoms with E-state index in [1.165, 1.54) is 18.4 Å². The minimum absolute atomic E-state index is 0.0264. The summed E-state index contributed by atoms with van der Waals surface area (Å²) in [4.78, 5) is 27.7. The maximum absolute atomic E-state index is 12.9. The van der Waals surface area contributed by atoms with Gasteiger partial charge in [0.15, 0.2) is 22.3 Å². The van der Waals surface area contributed by atoms with Gasteiger partial charge in [-0.25, -0.2) is 9.97 Å². The third-order valence-electron chi connectivity index (χ3n) is 5.21. The molecule has 1 aliphatic rings. The van der Waals surface area contributed by atoms with Crippen molar-refractivity contribution < 1.29 is 23.1 Å². The van der Waals surface area contributed by atoms with Gasteiger partial charge in [0.2, 0.25) is 0 Å². The number of anilines is 1. The molecule has 1 fully saturated rings. The number of aromatic hydroxyl groups is 1. The molecule has 1 amide bonds. The van der Waals surface area contributed by atoms with Gasteiger partial charge < -0.3 is 20.6 Å². The van der Waals surface area contributed by atoms with E-state index in [4.69, 9.17) is 0 Å². The molecule has 32 heavy (non-hydrogen) atoms. The average Bonchev–Trinajstić information content (AvgIpc) is 3.14. The molecule has 3 heterocycles. The number of fused-ring (bicyclic) bond motifs is 1. The Balaban J connectivity index is 1.75. The number of alkyl halides is 3. The highest BCUT2D eigenvalue weighted by Gasteiger charge is 2.31. The van der Waals surface area contributed by atoms with Crippen LogP contribution in [0.25, 0.3) is 21.7 Å². The van der Waals surface area contributed by atoms with Crippen molar-refractivity contribution in [3.8, 4) is 17.1 Å². The molecule has 2 aromatic heterocycles. The topological polar surface area (TPSA) is 103 Å². The van der Waals surface area contributed by atoms with Gasteiger partial charge in [-0.2, -0.15) is 18.2 Å². The number of aromatic nitrogens is 3. The maximum Gasteiger partial charge on any atom is 0.416 e. The van der Waals surface area contributed by atoms with Gasteiger partial charge in [0.05, 0.1) is 11.1 Å². The molecule has 1 aliphatic heterocycles. The lowest BCUT2D eigenvalue weighted by molar-refractivity contribution is -0.137. The van der Waals surface area contributed by atoms with Gasteiger partial charge in [-0.15, -0.1) is 0 Å². The molecule has 1 atom stereocenters. The molecule has 170 valence electrons. The van der Waals surface area contributed by atoms with Gasteiger partial charge in [-0.3, -0.25) is 4.79 Å². The standard InChI is InChI=1S/C20H21F3N6O2S/c1-24-18(31)14-15-17(28-19(32-15)25-11-4-3-7-29(2)9-11)27-16(26-14)12-6-5-10(8-13(12)30)20(21,22)23/h5-6,8,11,30H,3-4,7,9H2,1-2H3,(H,24,31)(H,25,26,27,28)/t11-/m1/s1. The number of likely N-dealkylation sites (N-methyl/N-ethyl adjacent to an activating group) is 1. The quantitative estimate of drug-likeness (QED) is 0.542. The van der Waals surface area contributed by atoms with Crippen LogP contribution in [-0.2, 0) is 6.18 Å². The SMILES string of the molecule is CNC(=O)c1nc(-c2ccc(C(F)(F)F)cc2O)nc2nc(N[C@@H]3CCCN(C)C3)sc12. The number of nitrogens with one attached hydrogen (secondary N) is 2. The number of carbonyl (C=O) groups is 1. The number of carbonyl (C=O) groups excluding carboxylic acids is 1. The fourth-order valence-electron chi connectivity index (χ4n) is 3.63. The smallest absolute Gasteiger partial charge is 0.416 e. The third-order valence-corrected chi connectivity index (χ3v) is 6.20. The fraction of sp³-hybridized carbons (Fsp3) is 0.400. The van der Waals surface area contributed by atoms with Crippen molar-refractivity contribution in [3.63, 3.8) is 0 Å². The van der Waals surface area contributed by atoms with Crippen LogP contribution in [0.4, 0.5) is 18.3 Å². The predicted molar refractivity (Wildman–Crippen MR) is 115 cm³/mol. The molecule has 3 aromatic rings. The highest BCUT2D eigenvalue weighted by molar-refractivity contribution is 7.22. The third kappa shape index (κ3) is 4.46. The number of amides is 1. The Kier molecular flexibility index (Phi) is 5.91. The van der Waals surface area contributed by atoms with Crippen molar-refractivity contribution >= 4 is 32.7 Å². The summed E-state index contributed by atoms with van der Waals surface area (Å²) in [5.41, 5.74) is -0.756. The lowest BCUT2D eigenvalue weighted by atomic mass is 10.1. The van der Waals surface area contributed by atoms with Crippen molar-refractivity contribution in [2.24, 2.45) is 0 Å². The van der Waals surface area contributed by atoms with Crippen LogP contribution in [-0.4, -0.2) is 64.1 Å². The molecule has 0 bridgehead atoms. The summed E-state index contributed by atoms with van der Waals surface area (Å²) in [6, 6.07) is 2.71. The second-order valence-electron chi connectivity index (χ2n) is 7.62. The Morgan fingerprint density at radius 1 is 1.28 bits per heavy atom. The predicted octanol–water partition coefficient (Wildman–Crippen LogP) is 3.34. The van der Waals surface area contributed by atoms with E-state index in [-0.39, 0.29) is 28.8 Å². The summed E-state index contributed by atoms with van der Waals surface area (Å²) >= 11 is 1.24. The molecule has 0 saturated carbocycles. The van der Waals surface area contributed by atoms with Crippen molar-refractivity contribution in [2.45, 2.75) is 25.1 Å². The molecule has 0 unspecified atom stereocenters. The van der Waals surface area contributed by atoms with Gasteiger partial charge in [0, 0.05) is 19.6 Å². The monoisotopic (exact) mass is 466 g/mol. The van der Waals surface area contributed by atoms with Crippen LogP contribution in [0.15, 0.2) is 18.2 Å². The van der Waals surface area contributed by atoms with Crippen LogP contribution in [0.2, 0.25) is 0 Å². The minimum Gasteiger partial charge on any atom is -0.507 e. The van der Waals surface area contributed by atoms with Gasteiger partial charge in [-0.1, -0.05) is 11.3 Å². The van der Waals surface area contributed by atoms with Crippen molar-refractivity contribution in [1.29, 1.82) is 0 Å². The fourth-order valence-corrected chi connectivity index (χ4v) is 4.60. The second kappa shape index (κ2) is 8.51.